The highest BCUT2D eigenvalue weighted by atomic mass is 32.2. The van der Waals surface area contributed by atoms with Crippen LogP contribution in [0.15, 0.2) is 24.3 Å². The van der Waals surface area contributed by atoms with E-state index >= 15 is 0 Å². The molecular weight excluding hydrogens is 300 g/mol. The maximum absolute atomic E-state index is 11.9. The van der Waals surface area contributed by atoms with Gasteiger partial charge in [0, 0.05) is 16.1 Å². The van der Waals surface area contributed by atoms with Crippen LogP contribution in [-0.2, 0) is 10.2 Å². The van der Waals surface area contributed by atoms with Crippen LogP contribution in [0, 0.1) is 0 Å². The maximum atomic E-state index is 11.9. The first-order chi connectivity index (χ1) is 9.30. The van der Waals surface area contributed by atoms with Crippen molar-refractivity contribution in [1.29, 1.82) is 0 Å². The fourth-order valence-electron chi connectivity index (χ4n) is 1.77. The quantitative estimate of drug-likeness (QED) is 0.788. The average molecular weight is 314 g/mol. The van der Waals surface area contributed by atoms with Crippen molar-refractivity contribution in [3.63, 3.8) is 0 Å². The molecule has 108 valence electrons. The summed E-state index contributed by atoms with van der Waals surface area (Å²) in [6, 6.07) is 6.65. The van der Waals surface area contributed by atoms with Gasteiger partial charge in [-0.1, -0.05) is 18.2 Å². The normalized spacial score (nSPS) is 11.9. The zero-order valence-corrected chi connectivity index (χ0v) is 12.5. The smallest absolute Gasteiger partial charge is 0.348 e. The number of nitrogens with one attached hydrogen (secondary N) is 2. The monoisotopic (exact) mass is 314 g/mol. The van der Waals surface area contributed by atoms with Gasteiger partial charge in [-0.15, -0.1) is 11.3 Å². The molecule has 0 unspecified atom stereocenters. The molecule has 1 aromatic carbocycles. The molecule has 6 nitrogen and oxygen atoms in total. The molecule has 0 spiro atoms. The minimum atomic E-state index is -3.81. The van der Waals surface area contributed by atoms with Gasteiger partial charge in [0.1, 0.15) is 4.88 Å². The Morgan fingerprint density at radius 3 is 2.55 bits per heavy atom. The van der Waals surface area contributed by atoms with E-state index in [2.05, 4.69) is 9.44 Å². The number of aromatic carboxylic acids is 1. The van der Waals surface area contributed by atoms with E-state index in [4.69, 9.17) is 0 Å². The van der Waals surface area contributed by atoms with Gasteiger partial charge < -0.3 is 5.11 Å². The van der Waals surface area contributed by atoms with Crippen LogP contribution in [0.3, 0.4) is 0 Å². The second-order valence-corrected chi connectivity index (χ2v) is 6.98. The average Bonchev–Trinajstić information content (AvgIpc) is 2.66. The molecule has 0 fully saturated rings. The summed E-state index contributed by atoms with van der Waals surface area (Å²) in [6.07, 6.45) is 0. The predicted molar refractivity (Wildman–Crippen MR) is 79.6 cm³/mol. The van der Waals surface area contributed by atoms with Crippen LogP contribution in [0.25, 0.3) is 10.1 Å². The van der Waals surface area contributed by atoms with E-state index in [1.54, 1.807) is 38.1 Å². The number of hydrogen-bond donors (Lipinski definition) is 3. The van der Waals surface area contributed by atoms with Gasteiger partial charge in [-0.2, -0.15) is 13.1 Å². The minimum Gasteiger partial charge on any atom is -0.477 e. The Morgan fingerprint density at radius 1 is 1.30 bits per heavy atom. The van der Waals surface area contributed by atoms with Gasteiger partial charge in [-0.3, -0.25) is 4.72 Å². The van der Waals surface area contributed by atoms with E-state index in [1.807, 2.05) is 0 Å². The van der Waals surface area contributed by atoms with Crippen molar-refractivity contribution in [3.05, 3.63) is 29.1 Å². The molecule has 0 radical (unpaired) electrons. The van der Waals surface area contributed by atoms with Gasteiger partial charge in [-0.05, 0) is 19.9 Å². The summed E-state index contributed by atoms with van der Waals surface area (Å²) in [6.45, 7) is 3.37. The van der Waals surface area contributed by atoms with Crippen molar-refractivity contribution >= 4 is 43.3 Å². The van der Waals surface area contributed by atoms with Crippen LogP contribution < -0.4 is 9.44 Å². The predicted octanol–water partition coefficient (Wildman–Crippen LogP) is 2.25. The third-order valence-corrected chi connectivity index (χ3v) is 4.83. The lowest BCUT2D eigenvalue weighted by Gasteiger charge is -2.11. The van der Waals surface area contributed by atoms with Gasteiger partial charge in [-0.25, -0.2) is 4.79 Å². The molecule has 20 heavy (non-hydrogen) atoms. The molecule has 1 aromatic heterocycles. The molecule has 0 bridgehead atoms. The van der Waals surface area contributed by atoms with Crippen LogP contribution in [0.2, 0.25) is 0 Å². The first-order valence-corrected chi connectivity index (χ1v) is 8.15. The molecule has 0 aliphatic carbocycles. The number of benzene rings is 1. The number of rotatable bonds is 5. The zero-order valence-electron chi connectivity index (χ0n) is 10.9. The number of thiophene rings is 1. The number of fused-ring (bicyclic) bond motifs is 1. The molecular formula is C12H14N2O4S2. The second kappa shape index (κ2) is 5.39. The number of carboxylic acid groups (broad SMARTS) is 1. The van der Waals surface area contributed by atoms with E-state index in [1.165, 1.54) is 0 Å². The highest BCUT2D eigenvalue weighted by molar-refractivity contribution is 7.90. The molecule has 0 saturated carbocycles. The van der Waals surface area contributed by atoms with Gasteiger partial charge in [0.15, 0.2) is 0 Å². The van der Waals surface area contributed by atoms with E-state index in [9.17, 15) is 18.3 Å². The largest absolute Gasteiger partial charge is 0.477 e. The van der Waals surface area contributed by atoms with Crippen molar-refractivity contribution in [2.24, 2.45) is 0 Å². The Kier molecular flexibility index (Phi) is 3.98. The summed E-state index contributed by atoms with van der Waals surface area (Å²) >= 11 is 1.04. The number of carboxylic acids is 1. The molecule has 2 aromatic rings. The van der Waals surface area contributed by atoms with Gasteiger partial charge in [0.2, 0.25) is 0 Å². The van der Waals surface area contributed by atoms with Crippen LogP contribution in [0.1, 0.15) is 23.5 Å². The van der Waals surface area contributed by atoms with Gasteiger partial charge in [0.25, 0.3) is 10.2 Å². The van der Waals surface area contributed by atoms with E-state index in [-0.39, 0.29) is 16.6 Å². The summed E-state index contributed by atoms with van der Waals surface area (Å²) in [7, 11) is -3.81. The third kappa shape index (κ3) is 3.09. The van der Waals surface area contributed by atoms with Crippen LogP contribution >= 0.6 is 11.3 Å². The lowest BCUT2D eigenvalue weighted by atomic mass is 10.2. The Balaban J connectivity index is 2.52. The van der Waals surface area contributed by atoms with Crippen LogP contribution in [0.4, 0.5) is 5.69 Å². The molecule has 3 N–H and O–H groups in total. The topological polar surface area (TPSA) is 95.5 Å². The summed E-state index contributed by atoms with van der Waals surface area (Å²) < 4.78 is 29.2. The lowest BCUT2D eigenvalue weighted by molar-refractivity contribution is 0.0703. The van der Waals surface area contributed by atoms with Gasteiger partial charge >= 0.3 is 5.97 Å². The van der Waals surface area contributed by atoms with Crippen LogP contribution in [0.5, 0.6) is 0 Å². The molecule has 8 heteroatoms. The highest BCUT2D eigenvalue weighted by Crippen LogP contribution is 2.36. The van der Waals surface area contributed by atoms with E-state index < -0.39 is 16.2 Å². The Hall–Kier alpha value is -1.64. The number of hydrogen-bond acceptors (Lipinski definition) is 4. The lowest BCUT2D eigenvalue weighted by Crippen LogP contribution is -2.35. The molecule has 1 heterocycles. The first kappa shape index (κ1) is 14.8. The summed E-state index contributed by atoms with van der Waals surface area (Å²) in [5.41, 5.74) is 0.103. The minimum absolute atomic E-state index is 0.0275. The third-order valence-electron chi connectivity index (χ3n) is 2.42. The Morgan fingerprint density at radius 2 is 1.95 bits per heavy atom. The van der Waals surface area contributed by atoms with Gasteiger partial charge in [0.05, 0.1) is 5.69 Å². The maximum Gasteiger partial charge on any atom is 0.348 e. The Bertz CT molecular complexity index is 750. The standard InChI is InChI=1S/C12H14N2O4S2/c1-7(2)13-20(17,18)14-10-8-5-3-4-6-9(8)19-11(10)12(15)16/h3-7,13-14H,1-2H3,(H,15,16). The summed E-state index contributed by atoms with van der Waals surface area (Å²) in [4.78, 5) is 11.2. The molecule has 0 aliphatic heterocycles. The molecule has 0 atom stereocenters. The van der Waals surface area contributed by atoms with Crippen molar-refractivity contribution in [1.82, 2.24) is 4.72 Å². The molecule has 0 amide bonds. The van der Waals surface area contributed by atoms with Crippen molar-refractivity contribution in [2.75, 3.05) is 4.72 Å². The van der Waals surface area contributed by atoms with E-state index in [0.717, 1.165) is 11.3 Å². The van der Waals surface area contributed by atoms with Crippen molar-refractivity contribution in [2.45, 2.75) is 19.9 Å². The highest BCUT2D eigenvalue weighted by Gasteiger charge is 2.22. The SMILES string of the molecule is CC(C)NS(=O)(=O)Nc1c(C(=O)O)sc2ccccc12. The van der Waals surface area contributed by atoms with Crippen molar-refractivity contribution < 1.29 is 18.3 Å². The second-order valence-electron chi connectivity index (χ2n) is 4.49. The number of carbonyl (C=O) groups is 1. The molecule has 0 aliphatic rings. The van der Waals surface area contributed by atoms with E-state index in [0.29, 0.717) is 10.1 Å². The Labute approximate surface area is 120 Å². The fraction of sp³-hybridized carbons (Fsp3) is 0.250. The van der Waals surface area contributed by atoms with Crippen molar-refractivity contribution in [3.8, 4) is 0 Å². The number of anilines is 1. The molecule has 2 rings (SSSR count). The zero-order chi connectivity index (χ0) is 14.9. The fourth-order valence-corrected chi connectivity index (χ4v) is 3.99. The molecule has 0 saturated heterocycles. The summed E-state index contributed by atoms with van der Waals surface area (Å²) in [5, 5.41) is 9.77. The van der Waals surface area contributed by atoms with Crippen LogP contribution in [-0.4, -0.2) is 25.5 Å². The first-order valence-electron chi connectivity index (χ1n) is 5.85. The summed E-state index contributed by atoms with van der Waals surface area (Å²) in [5.74, 6) is -1.16.